The molecule has 2 heterocycles. The Bertz CT molecular complexity index is 882. The largest absolute Gasteiger partial charge is 0.480 e. The minimum absolute atomic E-state index is 0.229. The Kier molecular flexibility index (Phi) is 5.46. The molecule has 132 valence electrons. The average Bonchev–Trinajstić information content (AvgIpc) is 2.89. The predicted octanol–water partition coefficient (Wildman–Crippen LogP) is 2.45. The second kappa shape index (κ2) is 7.77. The summed E-state index contributed by atoms with van der Waals surface area (Å²) < 4.78 is 0.229. The van der Waals surface area contributed by atoms with Crippen LogP contribution >= 0.6 is 24.0 Å². The first-order valence-electron chi connectivity index (χ1n) is 7.61. The van der Waals surface area contributed by atoms with E-state index in [1.54, 1.807) is 54.9 Å². The summed E-state index contributed by atoms with van der Waals surface area (Å²) in [5, 5.41) is 19.2. The number of hydrogen-bond donors (Lipinski definition) is 2. The number of rotatable bonds is 5. The molecule has 1 aliphatic rings. The highest BCUT2D eigenvalue weighted by Gasteiger charge is 2.33. The zero-order chi connectivity index (χ0) is 18.7. The van der Waals surface area contributed by atoms with E-state index in [1.165, 1.54) is 0 Å². The smallest absolute Gasteiger partial charge is 0.323 e. The molecule has 1 amide bonds. The van der Waals surface area contributed by atoms with Crippen LogP contribution in [0.15, 0.2) is 53.7 Å². The van der Waals surface area contributed by atoms with Crippen molar-refractivity contribution in [1.29, 1.82) is 0 Å². The standard InChI is InChI=1S/C18H14N2O4S2/c21-15(22)10-20-17(24)14(26-18(20)25)8-11-3-5-12(6-4-11)16(23)13-2-1-7-19-9-13/h1-9,16,23H,10H2,(H,21,22)/b14-8+. The Labute approximate surface area is 159 Å². The van der Waals surface area contributed by atoms with Crippen molar-refractivity contribution < 1.29 is 19.8 Å². The molecule has 6 nitrogen and oxygen atoms in total. The summed E-state index contributed by atoms with van der Waals surface area (Å²) in [4.78, 5) is 28.5. The van der Waals surface area contributed by atoms with Crippen molar-refractivity contribution >= 4 is 46.3 Å². The number of hydrogen-bond acceptors (Lipinski definition) is 6. The lowest BCUT2D eigenvalue weighted by molar-refractivity contribution is -0.140. The van der Waals surface area contributed by atoms with E-state index in [0.717, 1.165) is 22.2 Å². The molecule has 0 aliphatic carbocycles. The number of aromatic nitrogens is 1. The van der Waals surface area contributed by atoms with Gasteiger partial charge in [0, 0.05) is 18.0 Å². The van der Waals surface area contributed by atoms with Crippen LogP contribution in [0.2, 0.25) is 0 Å². The number of nitrogens with zero attached hydrogens (tertiary/aromatic N) is 2. The summed E-state index contributed by atoms with van der Waals surface area (Å²) in [6, 6.07) is 10.6. The first-order chi connectivity index (χ1) is 12.5. The Hall–Kier alpha value is -2.55. The molecule has 0 spiro atoms. The van der Waals surface area contributed by atoms with E-state index in [9.17, 15) is 14.7 Å². The summed E-state index contributed by atoms with van der Waals surface area (Å²) in [6.07, 6.45) is 4.11. The maximum Gasteiger partial charge on any atom is 0.323 e. The van der Waals surface area contributed by atoms with E-state index in [-0.39, 0.29) is 4.32 Å². The van der Waals surface area contributed by atoms with Gasteiger partial charge in [-0.3, -0.25) is 19.5 Å². The molecule has 1 unspecified atom stereocenters. The summed E-state index contributed by atoms with van der Waals surface area (Å²) >= 11 is 6.14. The van der Waals surface area contributed by atoms with E-state index in [1.807, 2.05) is 0 Å². The van der Waals surface area contributed by atoms with Gasteiger partial charge in [-0.2, -0.15) is 0 Å². The van der Waals surface area contributed by atoms with Gasteiger partial charge in [0.15, 0.2) is 0 Å². The molecule has 8 heteroatoms. The van der Waals surface area contributed by atoms with Crippen LogP contribution in [0.5, 0.6) is 0 Å². The summed E-state index contributed by atoms with van der Waals surface area (Å²) in [7, 11) is 0. The molecule has 26 heavy (non-hydrogen) atoms. The number of carbonyl (C=O) groups is 2. The Morgan fingerprint density at radius 3 is 2.62 bits per heavy atom. The Morgan fingerprint density at radius 1 is 1.27 bits per heavy atom. The average molecular weight is 386 g/mol. The van der Waals surface area contributed by atoms with Crippen LogP contribution in [0.25, 0.3) is 6.08 Å². The lowest BCUT2D eigenvalue weighted by Crippen LogP contribution is -2.33. The maximum atomic E-state index is 12.3. The minimum atomic E-state index is -1.11. The van der Waals surface area contributed by atoms with Crippen molar-refractivity contribution in [3.8, 4) is 0 Å². The van der Waals surface area contributed by atoms with Crippen molar-refractivity contribution in [1.82, 2.24) is 9.88 Å². The SMILES string of the molecule is O=C(O)CN1C(=O)/C(=C\c2ccc(C(O)c3cccnc3)cc2)SC1=S. The molecule has 0 radical (unpaired) electrons. The fourth-order valence-corrected chi connectivity index (χ4v) is 3.68. The third kappa shape index (κ3) is 3.98. The van der Waals surface area contributed by atoms with Gasteiger partial charge in [0.1, 0.15) is 17.0 Å². The molecule has 2 aromatic rings. The number of thioether (sulfide) groups is 1. The van der Waals surface area contributed by atoms with E-state index < -0.39 is 24.5 Å². The van der Waals surface area contributed by atoms with Gasteiger partial charge in [0.2, 0.25) is 0 Å². The Balaban J connectivity index is 1.77. The van der Waals surface area contributed by atoms with Crippen LogP contribution in [-0.2, 0) is 9.59 Å². The van der Waals surface area contributed by atoms with Crippen LogP contribution < -0.4 is 0 Å². The van der Waals surface area contributed by atoms with Crippen LogP contribution in [0.3, 0.4) is 0 Å². The van der Waals surface area contributed by atoms with Crippen LogP contribution in [0.1, 0.15) is 22.8 Å². The summed E-state index contributed by atoms with van der Waals surface area (Å²) in [6.45, 7) is -0.446. The number of carboxylic acid groups (broad SMARTS) is 1. The number of amides is 1. The zero-order valence-electron chi connectivity index (χ0n) is 13.4. The summed E-state index contributed by atoms with van der Waals surface area (Å²) in [5.41, 5.74) is 2.14. The second-order valence-electron chi connectivity index (χ2n) is 5.52. The van der Waals surface area contributed by atoms with Crippen LogP contribution in [0.4, 0.5) is 0 Å². The van der Waals surface area contributed by atoms with E-state index >= 15 is 0 Å². The Morgan fingerprint density at radius 2 is 2.00 bits per heavy atom. The van der Waals surface area contributed by atoms with Gasteiger partial charge in [-0.1, -0.05) is 54.3 Å². The molecule has 1 aliphatic heterocycles. The number of aliphatic hydroxyl groups is 1. The monoisotopic (exact) mass is 386 g/mol. The normalized spacial score (nSPS) is 17.0. The highest BCUT2D eigenvalue weighted by molar-refractivity contribution is 8.26. The van der Waals surface area contributed by atoms with Crippen molar-refractivity contribution in [2.75, 3.05) is 6.54 Å². The lowest BCUT2D eigenvalue weighted by Gasteiger charge is -2.11. The van der Waals surface area contributed by atoms with Gasteiger partial charge in [0.05, 0.1) is 4.91 Å². The van der Waals surface area contributed by atoms with Crippen molar-refractivity contribution in [2.45, 2.75) is 6.10 Å². The number of carbonyl (C=O) groups excluding carboxylic acids is 1. The second-order valence-corrected chi connectivity index (χ2v) is 7.19. The predicted molar refractivity (Wildman–Crippen MR) is 102 cm³/mol. The number of benzene rings is 1. The highest BCUT2D eigenvalue weighted by atomic mass is 32.2. The number of thiocarbonyl (C=S) groups is 1. The van der Waals surface area contributed by atoms with Crippen molar-refractivity contribution in [2.24, 2.45) is 0 Å². The van der Waals surface area contributed by atoms with E-state index in [4.69, 9.17) is 17.3 Å². The number of aliphatic hydroxyl groups excluding tert-OH is 1. The third-order valence-corrected chi connectivity index (χ3v) is 5.09. The zero-order valence-corrected chi connectivity index (χ0v) is 15.0. The molecular formula is C18H14N2O4S2. The van der Waals surface area contributed by atoms with E-state index in [0.29, 0.717) is 16.0 Å². The quantitative estimate of drug-likeness (QED) is 0.602. The molecule has 3 rings (SSSR count). The van der Waals surface area contributed by atoms with Gasteiger partial charge < -0.3 is 10.2 Å². The first-order valence-corrected chi connectivity index (χ1v) is 8.83. The molecule has 1 aromatic carbocycles. The molecule has 1 aromatic heterocycles. The minimum Gasteiger partial charge on any atom is -0.480 e. The summed E-state index contributed by atoms with van der Waals surface area (Å²) in [5.74, 6) is -1.53. The first kappa shape index (κ1) is 18.2. The molecule has 0 saturated carbocycles. The van der Waals surface area contributed by atoms with Gasteiger partial charge in [0.25, 0.3) is 5.91 Å². The number of pyridine rings is 1. The fourth-order valence-electron chi connectivity index (χ4n) is 2.43. The molecule has 1 saturated heterocycles. The molecule has 0 bridgehead atoms. The van der Waals surface area contributed by atoms with Crippen LogP contribution in [0, 0.1) is 0 Å². The number of aliphatic carboxylic acids is 1. The van der Waals surface area contributed by atoms with Crippen molar-refractivity contribution in [3.05, 3.63) is 70.4 Å². The van der Waals surface area contributed by atoms with Gasteiger partial charge >= 0.3 is 5.97 Å². The molecule has 1 fully saturated rings. The molecule has 2 N–H and O–H groups in total. The van der Waals surface area contributed by atoms with Gasteiger partial charge in [-0.25, -0.2) is 0 Å². The van der Waals surface area contributed by atoms with Crippen LogP contribution in [-0.4, -0.2) is 42.8 Å². The number of carboxylic acids is 1. The van der Waals surface area contributed by atoms with Gasteiger partial charge in [-0.15, -0.1) is 0 Å². The van der Waals surface area contributed by atoms with Gasteiger partial charge in [-0.05, 0) is 23.3 Å². The lowest BCUT2D eigenvalue weighted by atomic mass is 10.0. The highest BCUT2D eigenvalue weighted by Crippen LogP contribution is 2.32. The molecular weight excluding hydrogens is 372 g/mol. The maximum absolute atomic E-state index is 12.3. The van der Waals surface area contributed by atoms with E-state index in [2.05, 4.69) is 4.98 Å². The topological polar surface area (TPSA) is 90.7 Å². The fraction of sp³-hybridized carbons (Fsp3) is 0.111. The third-order valence-electron chi connectivity index (χ3n) is 3.72. The van der Waals surface area contributed by atoms with Crippen molar-refractivity contribution in [3.63, 3.8) is 0 Å². The molecule has 1 atom stereocenters.